The third-order valence-corrected chi connectivity index (χ3v) is 3.38. The van der Waals surface area contributed by atoms with Crippen LogP contribution in [0.15, 0.2) is 42.5 Å². The summed E-state index contributed by atoms with van der Waals surface area (Å²) < 4.78 is 10.9. The predicted molar refractivity (Wildman–Crippen MR) is 93.2 cm³/mol. The first kappa shape index (κ1) is 17.8. The molecule has 0 fully saturated rings. The van der Waals surface area contributed by atoms with Crippen LogP contribution in [-0.2, 0) is 4.79 Å². The summed E-state index contributed by atoms with van der Waals surface area (Å²) in [6.07, 6.45) is 0. The highest BCUT2D eigenvalue weighted by Gasteiger charge is 2.12. The third kappa shape index (κ3) is 4.73. The number of benzene rings is 2. The van der Waals surface area contributed by atoms with Gasteiger partial charge < -0.3 is 14.8 Å². The molecule has 2 rings (SSSR count). The number of ether oxygens (including phenoxy) is 2. The van der Waals surface area contributed by atoms with Crippen LogP contribution in [0.5, 0.6) is 11.5 Å². The Kier molecular flexibility index (Phi) is 6.21. The number of ketones is 1. The molecule has 0 bridgehead atoms. The molecule has 0 aliphatic heterocycles. The Morgan fingerprint density at radius 2 is 1.83 bits per heavy atom. The van der Waals surface area contributed by atoms with E-state index in [-0.39, 0.29) is 18.3 Å². The highest BCUT2D eigenvalue weighted by molar-refractivity contribution is 6.31. The smallest absolute Gasteiger partial charge is 0.262 e. The van der Waals surface area contributed by atoms with Gasteiger partial charge >= 0.3 is 0 Å². The number of hydrogen-bond donors (Lipinski definition) is 1. The first-order chi connectivity index (χ1) is 11.5. The molecule has 2 aromatic carbocycles. The van der Waals surface area contributed by atoms with Crippen LogP contribution in [0.4, 0.5) is 5.69 Å². The molecule has 0 saturated carbocycles. The van der Waals surface area contributed by atoms with Crippen molar-refractivity contribution in [3.05, 3.63) is 53.1 Å². The standard InChI is InChI=1S/C18H18ClNO4/c1-3-23-17-7-5-4-6-15(17)20-18(22)11-24-16-9-8-13(19)10-14(16)12(2)21/h4-10H,3,11H2,1-2H3,(H,20,22). The van der Waals surface area contributed by atoms with Gasteiger partial charge in [0.1, 0.15) is 11.5 Å². The summed E-state index contributed by atoms with van der Waals surface area (Å²) in [6.45, 7) is 3.54. The van der Waals surface area contributed by atoms with Crippen molar-refractivity contribution in [3.63, 3.8) is 0 Å². The molecule has 126 valence electrons. The van der Waals surface area contributed by atoms with E-state index < -0.39 is 0 Å². The number of rotatable bonds is 7. The van der Waals surface area contributed by atoms with Gasteiger partial charge in [-0.1, -0.05) is 23.7 Å². The van der Waals surface area contributed by atoms with Crippen molar-refractivity contribution in [2.24, 2.45) is 0 Å². The molecule has 24 heavy (non-hydrogen) atoms. The number of carbonyl (C=O) groups excluding carboxylic acids is 2. The highest BCUT2D eigenvalue weighted by Crippen LogP contribution is 2.25. The summed E-state index contributed by atoms with van der Waals surface area (Å²) in [6, 6.07) is 11.8. The van der Waals surface area contributed by atoms with Crippen LogP contribution >= 0.6 is 11.6 Å². The summed E-state index contributed by atoms with van der Waals surface area (Å²) in [4.78, 5) is 23.7. The van der Waals surface area contributed by atoms with E-state index in [0.717, 1.165) is 0 Å². The second-order valence-corrected chi connectivity index (χ2v) is 5.40. The van der Waals surface area contributed by atoms with Crippen LogP contribution in [0.2, 0.25) is 5.02 Å². The van der Waals surface area contributed by atoms with Crippen molar-refractivity contribution in [1.82, 2.24) is 0 Å². The molecule has 2 aromatic rings. The molecular weight excluding hydrogens is 330 g/mol. The molecule has 0 unspecified atom stereocenters. The van der Waals surface area contributed by atoms with Crippen molar-refractivity contribution in [2.45, 2.75) is 13.8 Å². The zero-order valence-corrected chi connectivity index (χ0v) is 14.2. The molecule has 1 amide bonds. The minimum atomic E-state index is -0.355. The molecule has 0 saturated heterocycles. The monoisotopic (exact) mass is 347 g/mol. The first-order valence-electron chi connectivity index (χ1n) is 7.46. The van der Waals surface area contributed by atoms with E-state index >= 15 is 0 Å². The Morgan fingerprint density at radius 1 is 1.08 bits per heavy atom. The maximum atomic E-state index is 12.1. The van der Waals surface area contributed by atoms with Crippen molar-refractivity contribution < 1.29 is 19.1 Å². The number of nitrogens with one attached hydrogen (secondary N) is 1. The van der Waals surface area contributed by atoms with Gasteiger partial charge in [-0.05, 0) is 44.2 Å². The van der Waals surface area contributed by atoms with Crippen molar-refractivity contribution >= 4 is 29.0 Å². The molecule has 0 aliphatic rings. The molecule has 5 nitrogen and oxygen atoms in total. The first-order valence-corrected chi connectivity index (χ1v) is 7.84. The van der Waals surface area contributed by atoms with Crippen LogP contribution < -0.4 is 14.8 Å². The van der Waals surface area contributed by atoms with Crippen LogP contribution in [0.25, 0.3) is 0 Å². The van der Waals surface area contributed by atoms with E-state index in [4.69, 9.17) is 21.1 Å². The number of hydrogen-bond acceptors (Lipinski definition) is 4. The molecule has 0 heterocycles. The molecule has 0 aliphatic carbocycles. The average molecular weight is 348 g/mol. The van der Waals surface area contributed by atoms with Crippen LogP contribution in [-0.4, -0.2) is 24.9 Å². The van der Waals surface area contributed by atoms with Gasteiger partial charge in [-0.25, -0.2) is 0 Å². The van der Waals surface area contributed by atoms with E-state index in [0.29, 0.717) is 34.4 Å². The Hall–Kier alpha value is -2.53. The summed E-state index contributed by atoms with van der Waals surface area (Å²) >= 11 is 5.88. The molecule has 6 heteroatoms. The fraction of sp³-hybridized carbons (Fsp3) is 0.222. The molecule has 1 N–H and O–H groups in total. The van der Waals surface area contributed by atoms with Gasteiger partial charge in [0.05, 0.1) is 17.9 Å². The summed E-state index contributed by atoms with van der Waals surface area (Å²) in [7, 11) is 0. The second-order valence-electron chi connectivity index (χ2n) is 4.96. The predicted octanol–water partition coefficient (Wildman–Crippen LogP) is 3.96. The number of halogens is 1. The van der Waals surface area contributed by atoms with E-state index in [2.05, 4.69) is 5.32 Å². The third-order valence-electron chi connectivity index (χ3n) is 3.14. The largest absolute Gasteiger partial charge is 0.492 e. The number of anilines is 1. The zero-order valence-electron chi connectivity index (χ0n) is 13.5. The quantitative estimate of drug-likeness (QED) is 0.770. The Bertz CT molecular complexity index is 746. The van der Waals surface area contributed by atoms with Crippen molar-refractivity contribution in [3.8, 4) is 11.5 Å². The molecule has 0 radical (unpaired) electrons. The lowest BCUT2D eigenvalue weighted by molar-refractivity contribution is -0.118. The lowest BCUT2D eigenvalue weighted by Crippen LogP contribution is -2.21. The van der Waals surface area contributed by atoms with Gasteiger partial charge in [-0.3, -0.25) is 9.59 Å². The summed E-state index contributed by atoms with van der Waals surface area (Å²) in [5.41, 5.74) is 0.904. The number of para-hydroxylation sites is 2. The van der Waals surface area contributed by atoms with E-state index in [1.807, 2.05) is 13.0 Å². The Morgan fingerprint density at radius 3 is 2.54 bits per heavy atom. The maximum Gasteiger partial charge on any atom is 0.262 e. The number of amides is 1. The SMILES string of the molecule is CCOc1ccccc1NC(=O)COc1ccc(Cl)cc1C(C)=O. The topological polar surface area (TPSA) is 64.6 Å². The summed E-state index contributed by atoms with van der Waals surface area (Å²) in [5, 5.41) is 3.16. The lowest BCUT2D eigenvalue weighted by atomic mass is 10.1. The number of Topliss-reactive ketones (excluding diaryl/α,β-unsaturated/α-hetero) is 1. The maximum absolute atomic E-state index is 12.1. The zero-order chi connectivity index (χ0) is 17.5. The van der Waals surface area contributed by atoms with Gasteiger partial charge in [0.25, 0.3) is 5.91 Å². The van der Waals surface area contributed by atoms with Gasteiger partial charge in [-0.15, -0.1) is 0 Å². The molecule has 0 aromatic heterocycles. The average Bonchev–Trinajstić information content (AvgIpc) is 2.55. The van der Waals surface area contributed by atoms with Gasteiger partial charge in [-0.2, -0.15) is 0 Å². The van der Waals surface area contributed by atoms with E-state index in [1.165, 1.54) is 13.0 Å². The van der Waals surface area contributed by atoms with Gasteiger partial charge in [0, 0.05) is 5.02 Å². The van der Waals surface area contributed by atoms with Gasteiger partial charge in [0.15, 0.2) is 12.4 Å². The lowest BCUT2D eigenvalue weighted by Gasteiger charge is -2.13. The molecule has 0 spiro atoms. The number of carbonyl (C=O) groups is 2. The fourth-order valence-electron chi connectivity index (χ4n) is 2.08. The minimum Gasteiger partial charge on any atom is -0.492 e. The van der Waals surface area contributed by atoms with Crippen LogP contribution in [0.3, 0.4) is 0 Å². The molecular formula is C18H18ClNO4. The van der Waals surface area contributed by atoms with Crippen molar-refractivity contribution in [2.75, 3.05) is 18.5 Å². The Labute approximate surface area is 145 Å². The van der Waals surface area contributed by atoms with Gasteiger partial charge in [0.2, 0.25) is 0 Å². The van der Waals surface area contributed by atoms with Crippen molar-refractivity contribution in [1.29, 1.82) is 0 Å². The second kappa shape index (κ2) is 8.36. The van der Waals surface area contributed by atoms with E-state index in [1.54, 1.807) is 30.3 Å². The highest BCUT2D eigenvalue weighted by atomic mass is 35.5. The summed E-state index contributed by atoms with van der Waals surface area (Å²) in [5.74, 6) is 0.366. The minimum absolute atomic E-state index is 0.186. The van der Waals surface area contributed by atoms with Crippen LogP contribution in [0.1, 0.15) is 24.2 Å². The molecule has 0 atom stereocenters. The Balaban J connectivity index is 2.03. The van der Waals surface area contributed by atoms with E-state index in [9.17, 15) is 9.59 Å². The fourth-order valence-corrected chi connectivity index (χ4v) is 2.26. The normalized spacial score (nSPS) is 10.1. The van der Waals surface area contributed by atoms with Crippen LogP contribution in [0, 0.1) is 0 Å².